The number of pyridine rings is 1. The van der Waals surface area contributed by atoms with E-state index >= 15 is 0 Å². The Labute approximate surface area is 146 Å². The van der Waals surface area contributed by atoms with Gasteiger partial charge >= 0.3 is 0 Å². The first-order valence-electron chi connectivity index (χ1n) is 8.57. The number of H-pyrrole nitrogens is 1. The van der Waals surface area contributed by atoms with Gasteiger partial charge in [0.1, 0.15) is 5.75 Å². The van der Waals surface area contributed by atoms with Gasteiger partial charge in [-0.05, 0) is 30.0 Å². The second-order valence-electron chi connectivity index (χ2n) is 6.35. The van der Waals surface area contributed by atoms with E-state index < -0.39 is 0 Å². The lowest BCUT2D eigenvalue weighted by Crippen LogP contribution is -2.11. The van der Waals surface area contributed by atoms with Gasteiger partial charge in [-0.1, -0.05) is 30.3 Å². The number of fused-ring (bicyclic) bond motifs is 1. The van der Waals surface area contributed by atoms with Crippen LogP contribution in [0.4, 0.5) is 0 Å². The van der Waals surface area contributed by atoms with Crippen LogP contribution >= 0.6 is 0 Å². The molecule has 4 rings (SSSR count). The minimum atomic E-state index is 0.239. The molecule has 25 heavy (non-hydrogen) atoms. The molecule has 2 aromatic heterocycles. The van der Waals surface area contributed by atoms with E-state index in [-0.39, 0.29) is 5.78 Å². The molecule has 1 aliphatic carbocycles. The SMILES string of the molecule is COc1cnccc1-c1[nH]c2c(c1Cc1ccccc1)C(=O)CCC2. The molecule has 1 aromatic carbocycles. The maximum atomic E-state index is 12.6. The Morgan fingerprint density at radius 2 is 2.00 bits per heavy atom. The van der Waals surface area contributed by atoms with E-state index in [0.29, 0.717) is 12.2 Å². The zero-order valence-electron chi connectivity index (χ0n) is 14.2. The number of rotatable bonds is 4. The largest absolute Gasteiger partial charge is 0.494 e. The number of aromatic nitrogens is 2. The van der Waals surface area contributed by atoms with Crippen LogP contribution in [0, 0.1) is 0 Å². The Bertz CT molecular complexity index is 913. The first-order valence-corrected chi connectivity index (χ1v) is 8.57. The maximum absolute atomic E-state index is 12.6. The zero-order valence-corrected chi connectivity index (χ0v) is 14.2. The smallest absolute Gasteiger partial charge is 0.165 e. The lowest BCUT2D eigenvalue weighted by molar-refractivity contribution is 0.0971. The molecule has 4 heteroatoms. The van der Waals surface area contributed by atoms with Gasteiger partial charge in [-0.3, -0.25) is 9.78 Å². The van der Waals surface area contributed by atoms with Crippen LogP contribution in [0.3, 0.4) is 0 Å². The molecule has 126 valence electrons. The highest BCUT2D eigenvalue weighted by atomic mass is 16.5. The quantitative estimate of drug-likeness (QED) is 0.779. The summed E-state index contributed by atoms with van der Waals surface area (Å²) in [5, 5.41) is 0. The molecule has 0 amide bonds. The molecule has 1 N–H and O–H groups in total. The van der Waals surface area contributed by atoms with Crippen LogP contribution in [0.15, 0.2) is 48.8 Å². The summed E-state index contributed by atoms with van der Waals surface area (Å²) in [7, 11) is 1.64. The molecule has 0 bridgehead atoms. The van der Waals surface area contributed by atoms with Crippen LogP contribution in [0.25, 0.3) is 11.3 Å². The highest BCUT2D eigenvalue weighted by molar-refractivity contribution is 6.01. The third-order valence-corrected chi connectivity index (χ3v) is 4.79. The number of nitrogens with zero attached hydrogens (tertiary/aromatic N) is 1. The van der Waals surface area contributed by atoms with Crippen LogP contribution in [-0.4, -0.2) is 22.9 Å². The van der Waals surface area contributed by atoms with Crippen molar-refractivity contribution in [2.24, 2.45) is 0 Å². The number of hydrogen-bond donors (Lipinski definition) is 1. The average Bonchev–Trinajstić information content (AvgIpc) is 3.02. The summed E-state index contributed by atoms with van der Waals surface area (Å²) in [6.07, 6.45) is 6.63. The van der Waals surface area contributed by atoms with Crippen LogP contribution in [-0.2, 0) is 12.8 Å². The van der Waals surface area contributed by atoms with E-state index in [0.717, 1.165) is 47.3 Å². The summed E-state index contributed by atoms with van der Waals surface area (Å²) in [5.74, 6) is 0.950. The number of ketones is 1. The average molecular weight is 332 g/mol. The Kier molecular flexibility index (Phi) is 4.10. The van der Waals surface area contributed by atoms with Crippen LogP contribution in [0.1, 0.15) is 40.0 Å². The van der Waals surface area contributed by atoms with Gasteiger partial charge < -0.3 is 9.72 Å². The van der Waals surface area contributed by atoms with E-state index in [1.54, 1.807) is 19.5 Å². The number of nitrogens with one attached hydrogen (secondary N) is 1. The number of aryl methyl sites for hydroxylation is 1. The zero-order chi connectivity index (χ0) is 17.2. The molecule has 1 aliphatic rings. The predicted octanol–water partition coefficient (Wildman–Crippen LogP) is 4.20. The number of aromatic amines is 1. The van der Waals surface area contributed by atoms with Gasteiger partial charge in [0.2, 0.25) is 0 Å². The summed E-state index contributed by atoms with van der Waals surface area (Å²) in [6.45, 7) is 0. The molecule has 3 aromatic rings. The van der Waals surface area contributed by atoms with Gasteiger partial charge in [0.25, 0.3) is 0 Å². The first kappa shape index (κ1) is 15.6. The highest BCUT2D eigenvalue weighted by Crippen LogP contribution is 2.37. The fourth-order valence-corrected chi connectivity index (χ4v) is 3.63. The molecule has 4 nitrogen and oxygen atoms in total. The van der Waals surface area contributed by atoms with Gasteiger partial charge in [0.15, 0.2) is 5.78 Å². The van der Waals surface area contributed by atoms with Crippen molar-refractivity contribution in [2.45, 2.75) is 25.7 Å². The molecule has 0 fully saturated rings. The summed E-state index contributed by atoms with van der Waals surface area (Å²) in [5.41, 5.74) is 6.11. The molecule has 0 unspecified atom stereocenters. The van der Waals surface area contributed by atoms with Gasteiger partial charge in [-0.25, -0.2) is 0 Å². The lowest BCUT2D eigenvalue weighted by Gasteiger charge is -2.12. The number of hydrogen-bond acceptors (Lipinski definition) is 3. The standard InChI is InChI=1S/C21H20N2O2/c1-25-19-13-22-11-10-15(19)21-16(12-14-6-3-2-4-7-14)20-17(23-21)8-5-9-18(20)24/h2-4,6-7,10-11,13,23H,5,8-9,12H2,1H3. The van der Waals surface area contributed by atoms with E-state index in [2.05, 4.69) is 22.1 Å². The fourth-order valence-electron chi connectivity index (χ4n) is 3.63. The van der Waals surface area contributed by atoms with Crippen molar-refractivity contribution >= 4 is 5.78 Å². The number of benzene rings is 1. The van der Waals surface area contributed by atoms with E-state index in [1.807, 2.05) is 24.3 Å². The van der Waals surface area contributed by atoms with Crippen LogP contribution in [0.2, 0.25) is 0 Å². The molecular weight excluding hydrogens is 312 g/mol. The third kappa shape index (κ3) is 2.84. The minimum Gasteiger partial charge on any atom is -0.494 e. The molecule has 0 radical (unpaired) electrons. The first-order chi connectivity index (χ1) is 12.3. The summed E-state index contributed by atoms with van der Waals surface area (Å²) >= 11 is 0. The van der Waals surface area contributed by atoms with E-state index in [1.165, 1.54) is 5.56 Å². The van der Waals surface area contributed by atoms with Crippen LogP contribution in [0.5, 0.6) is 5.75 Å². The van der Waals surface area contributed by atoms with Crippen molar-refractivity contribution in [3.63, 3.8) is 0 Å². The summed E-state index contributed by atoms with van der Waals surface area (Å²) < 4.78 is 5.50. The third-order valence-electron chi connectivity index (χ3n) is 4.79. The Morgan fingerprint density at radius 1 is 1.16 bits per heavy atom. The molecule has 2 heterocycles. The monoisotopic (exact) mass is 332 g/mol. The van der Waals surface area contributed by atoms with Crippen molar-refractivity contribution in [1.29, 1.82) is 0 Å². The Morgan fingerprint density at radius 3 is 2.80 bits per heavy atom. The number of carbonyl (C=O) groups excluding carboxylic acids is 1. The molecule has 0 saturated carbocycles. The van der Waals surface area contributed by atoms with Crippen molar-refractivity contribution in [2.75, 3.05) is 7.11 Å². The van der Waals surface area contributed by atoms with Gasteiger partial charge in [-0.2, -0.15) is 0 Å². The molecule has 0 atom stereocenters. The van der Waals surface area contributed by atoms with E-state index in [9.17, 15) is 4.79 Å². The molecule has 0 aliphatic heterocycles. The fraction of sp³-hybridized carbons (Fsp3) is 0.238. The summed E-state index contributed by atoms with van der Waals surface area (Å²) in [6, 6.07) is 12.2. The van der Waals surface area contributed by atoms with Crippen molar-refractivity contribution in [1.82, 2.24) is 9.97 Å². The molecule has 0 spiro atoms. The summed E-state index contributed by atoms with van der Waals surface area (Å²) in [4.78, 5) is 20.3. The van der Waals surface area contributed by atoms with Gasteiger partial charge in [0.05, 0.1) is 19.0 Å². The number of ether oxygens (including phenoxy) is 1. The van der Waals surface area contributed by atoms with Gasteiger partial charge in [0, 0.05) is 35.9 Å². The minimum absolute atomic E-state index is 0.239. The lowest BCUT2D eigenvalue weighted by atomic mass is 9.89. The topological polar surface area (TPSA) is 55.0 Å². The van der Waals surface area contributed by atoms with Crippen molar-refractivity contribution < 1.29 is 9.53 Å². The van der Waals surface area contributed by atoms with Crippen LogP contribution < -0.4 is 4.74 Å². The Hall–Kier alpha value is -2.88. The van der Waals surface area contributed by atoms with Crippen molar-refractivity contribution in [3.05, 3.63) is 71.2 Å². The predicted molar refractivity (Wildman–Crippen MR) is 97.1 cm³/mol. The number of methoxy groups -OCH3 is 1. The number of Topliss-reactive ketones (excluding diaryl/α,β-unsaturated/α-hetero) is 1. The van der Waals surface area contributed by atoms with E-state index in [4.69, 9.17) is 4.74 Å². The second-order valence-corrected chi connectivity index (χ2v) is 6.35. The molecule has 0 saturated heterocycles. The van der Waals surface area contributed by atoms with Gasteiger partial charge in [-0.15, -0.1) is 0 Å². The van der Waals surface area contributed by atoms with Crippen molar-refractivity contribution in [3.8, 4) is 17.0 Å². The maximum Gasteiger partial charge on any atom is 0.165 e. The highest BCUT2D eigenvalue weighted by Gasteiger charge is 2.27. The normalized spacial score (nSPS) is 13.6. The number of carbonyl (C=O) groups is 1. The Balaban J connectivity index is 1.90. The second kappa shape index (κ2) is 6.55. The molecular formula is C21H20N2O2.